The zero-order chi connectivity index (χ0) is 19.8. The van der Waals surface area contributed by atoms with Crippen molar-refractivity contribution in [2.45, 2.75) is 51.2 Å². The van der Waals surface area contributed by atoms with E-state index in [2.05, 4.69) is 5.32 Å². The van der Waals surface area contributed by atoms with Crippen LogP contribution in [0, 0.1) is 0 Å². The molecule has 2 N–H and O–H groups in total. The van der Waals surface area contributed by atoms with Crippen LogP contribution in [0.25, 0.3) is 0 Å². The highest BCUT2D eigenvalue weighted by Crippen LogP contribution is 2.43. The zero-order valence-corrected chi connectivity index (χ0v) is 17.1. The lowest BCUT2D eigenvalue weighted by Crippen LogP contribution is -2.36. The SMILES string of the molecule is CC(C)(C)OC(=O)NC1CCC(c2ccc(Cl)c(Cl)c2)c2ccc(O)cc21. The number of hydrogen-bond donors (Lipinski definition) is 2. The summed E-state index contributed by atoms with van der Waals surface area (Å²) in [5.41, 5.74) is 2.44. The summed E-state index contributed by atoms with van der Waals surface area (Å²) >= 11 is 12.2. The summed E-state index contributed by atoms with van der Waals surface area (Å²) in [4.78, 5) is 12.2. The molecule has 2 unspecified atom stereocenters. The standard InChI is InChI=1S/C21H23Cl2NO3/c1-21(2,3)27-20(26)24-19-9-7-14(12-4-8-17(22)18(23)10-12)15-6-5-13(25)11-16(15)19/h4-6,8,10-11,14,19,25H,7,9H2,1-3H3,(H,24,26). The van der Waals surface area contributed by atoms with Crippen molar-refractivity contribution < 1.29 is 14.6 Å². The van der Waals surface area contributed by atoms with E-state index in [1.54, 1.807) is 18.2 Å². The van der Waals surface area contributed by atoms with Crippen molar-refractivity contribution in [1.29, 1.82) is 0 Å². The molecule has 0 aliphatic heterocycles. The van der Waals surface area contributed by atoms with Gasteiger partial charge in [0, 0.05) is 5.92 Å². The van der Waals surface area contributed by atoms with E-state index in [1.165, 1.54) is 0 Å². The Labute approximate surface area is 169 Å². The number of phenols is 1. The fourth-order valence-corrected chi connectivity index (χ4v) is 3.81. The molecule has 4 nitrogen and oxygen atoms in total. The van der Waals surface area contributed by atoms with Crippen LogP contribution in [0.5, 0.6) is 5.75 Å². The number of benzene rings is 2. The maximum atomic E-state index is 12.2. The van der Waals surface area contributed by atoms with E-state index < -0.39 is 11.7 Å². The Bertz CT molecular complexity index is 861. The van der Waals surface area contributed by atoms with Gasteiger partial charge in [0.15, 0.2) is 0 Å². The highest BCUT2D eigenvalue weighted by Gasteiger charge is 2.31. The maximum Gasteiger partial charge on any atom is 0.408 e. The van der Waals surface area contributed by atoms with Crippen molar-refractivity contribution in [1.82, 2.24) is 5.32 Å². The number of nitrogens with one attached hydrogen (secondary N) is 1. The molecular weight excluding hydrogens is 385 g/mol. The fourth-order valence-electron chi connectivity index (χ4n) is 3.50. The minimum Gasteiger partial charge on any atom is -0.508 e. The second-order valence-corrected chi connectivity index (χ2v) is 8.63. The third-order valence-corrected chi connectivity index (χ3v) is 5.34. The van der Waals surface area contributed by atoms with E-state index in [4.69, 9.17) is 27.9 Å². The summed E-state index contributed by atoms with van der Waals surface area (Å²) in [6.45, 7) is 5.48. The summed E-state index contributed by atoms with van der Waals surface area (Å²) in [7, 11) is 0. The van der Waals surface area contributed by atoms with Gasteiger partial charge in [-0.15, -0.1) is 0 Å². The van der Waals surface area contributed by atoms with Gasteiger partial charge in [0.1, 0.15) is 11.4 Å². The van der Waals surface area contributed by atoms with Gasteiger partial charge in [0.2, 0.25) is 0 Å². The van der Waals surface area contributed by atoms with Gasteiger partial charge in [-0.1, -0.05) is 35.3 Å². The Morgan fingerprint density at radius 1 is 1.07 bits per heavy atom. The van der Waals surface area contributed by atoms with Crippen molar-refractivity contribution in [3.05, 3.63) is 63.1 Å². The lowest BCUT2D eigenvalue weighted by atomic mass is 9.76. The number of carbonyl (C=O) groups is 1. The van der Waals surface area contributed by atoms with Gasteiger partial charge in [-0.2, -0.15) is 0 Å². The molecule has 0 fully saturated rings. The molecule has 2 aromatic carbocycles. The number of ether oxygens (including phenoxy) is 1. The molecule has 144 valence electrons. The lowest BCUT2D eigenvalue weighted by molar-refractivity contribution is 0.0498. The molecule has 0 bridgehead atoms. The number of hydrogen-bond acceptors (Lipinski definition) is 3. The van der Waals surface area contributed by atoms with Gasteiger partial charge in [0.25, 0.3) is 0 Å². The van der Waals surface area contributed by atoms with Crippen LogP contribution in [0.3, 0.4) is 0 Å². The van der Waals surface area contributed by atoms with Crippen LogP contribution in [0.4, 0.5) is 4.79 Å². The Morgan fingerprint density at radius 2 is 1.81 bits per heavy atom. The Kier molecular flexibility index (Phi) is 5.59. The Hall–Kier alpha value is -1.91. The highest BCUT2D eigenvalue weighted by atomic mass is 35.5. The molecule has 2 aromatic rings. The number of amides is 1. The molecule has 0 radical (unpaired) electrons. The van der Waals surface area contributed by atoms with Gasteiger partial charge in [0.05, 0.1) is 16.1 Å². The molecule has 0 saturated carbocycles. The first-order chi connectivity index (χ1) is 12.6. The molecule has 1 amide bonds. The number of alkyl carbamates (subject to hydrolysis) is 1. The third kappa shape index (κ3) is 4.69. The topological polar surface area (TPSA) is 58.6 Å². The summed E-state index contributed by atoms with van der Waals surface area (Å²) < 4.78 is 5.38. The molecule has 1 aliphatic rings. The molecule has 0 saturated heterocycles. The first-order valence-corrected chi connectivity index (χ1v) is 9.67. The minimum atomic E-state index is -0.566. The van der Waals surface area contributed by atoms with Crippen LogP contribution in [0.1, 0.15) is 62.3 Å². The molecule has 2 atom stereocenters. The maximum absolute atomic E-state index is 12.2. The van der Waals surface area contributed by atoms with E-state index in [0.717, 1.165) is 29.5 Å². The number of fused-ring (bicyclic) bond motifs is 1. The second kappa shape index (κ2) is 7.61. The Balaban J connectivity index is 1.91. The summed E-state index contributed by atoms with van der Waals surface area (Å²) in [5, 5.41) is 14.0. The minimum absolute atomic E-state index is 0.118. The van der Waals surface area contributed by atoms with Crippen molar-refractivity contribution in [2.24, 2.45) is 0 Å². The number of carbonyl (C=O) groups excluding carboxylic acids is 1. The predicted molar refractivity (Wildman–Crippen MR) is 108 cm³/mol. The monoisotopic (exact) mass is 407 g/mol. The first-order valence-electron chi connectivity index (χ1n) is 8.91. The number of halogens is 2. The quantitative estimate of drug-likeness (QED) is 0.623. The first kappa shape index (κ1) is 19.8. The predicted octanol–water partition coefficient (Wildman–Crippen LogP) is 6.19. The highest BCUT2D eigenvalue weighted by molar-refractivity contribution is 6.42. The van der Waals surface area contributed by atoms with Crippen molar-refractivity contribution in [3.8, 4) is 5.75 Å². The molecular formula is C21H23Cl2NO3. The number of rotatable bonds is 2. The van der Waals surface area contributed by atoms with E-state index in [-0.39, 0.29) is 17.7 Å². The van der Waals surface area contributed by atoms with Gasteiger partial charge in [-0.05, 0) is 74.6 Å². The summed E-state index contributed by atoms with van der Waals surface area (Å²) in [6, 6.07) is 10.7. The molecule has 1 aliphatic carbocycles. The number of aromatic hydroxyl groups is 1. The van der Waals surface area contributed by atoms with Crippen LogP contribution in [0.2, 0.25) is 10.0 Å². The summed E-state index contributed by atoms with van der Waals surface area (Å²) in [6.07, 6.45) is 1.09. The van der Waals surface area contributed by atoms with Gasteiger partial charge in [-0.3, -0.25) is 0 Å². The lowest BCUT2D eigenvalue weighted by Gasteiger charge is -2.33. The van der Waals surface area contributed by atoms with Crippen LogP contribution in [-0.2, 0) is 4.74 Å². The smallest absolute Gasteiger partial charge is 0.408 e. The molecule has 0 aromatic heterocycles. The second-order valence-electron chi connectivity index (χ2n) is 7.82. The average Bonchev–Trinajstić information content (AvgIpc) is 2.56. The van der Waals surface area contributed by atoms with Crippen LogP contribution < -0.4 is 5.32 Å². The van der Waals surface area contributed by atoms with Gasteiger partial charge in [-0.25, -0.2) is 4.79 Å². The normalized spacial score (nSPS) is 19.3. The largest absolute Gasteiger partial charge is 0.508 e. The zero-order valence-electron chi connectivity index (χ0n) is 15.6. The van der Waals surface area contributed by atoms with Crippen molar-refractivity contribution in [3.63, 3.8) is 0 Å². The van der Waals surface area contributed by atoms with Gasteiger partial charge >= 0.3 is 6.09 Å². The molecule has 6 heteroatoms. The van der Waals surface area contributed by atoms with Crippen LogP contribution in [0.15, 0.2) is 36.4 Å². The van der Waals surface area contributed by atoms with Gasteiger partial charge < -0.3 is 15.2 Å². The molecule has 0 heterocycles. The van der Waals surface area contributed by atoms with E-state index in [1.807, 2.05) is 39.0 Å². The molecule has 3 rings (SSSR count). The fraction of sp³-hybridized carbons (Fsp3) is 0.381. The third-order valence-electron chi connectivity index (χ3n) is 4.60. The van der Waals surface area contributed by atoms with E-state index in [9.17, 15) is 9.90 Å². The average molecular weight is 408 g/mol. The van der Waals surface area contributed by atoms with Crippen molar-refractivity contribution in [2.75, 3.05) is 0 Å². The van der Waals surface area contributed by atoms with Crippen LogP contribution in [-0.4, -0.2) is 16.8 Å². The van der Waals surface area contributed by atoms with E-state index >= 15 is 0 Å². The Morgan fingerprint density at radius 3 is 2.48 bits per heavy atom. The molecule has 0 spiro atoms. The van der Waals surface area contributed by atoms with E-state index in [0.29, 0.717) is 10.0 Å². The van der Waals surface area contributed by atoms with Crippen molar-refractivity contribution >= 4 is 29.3 Å². The summed E-state index contributed by atoms with van der Waals surface area (Å²) in [5.74, 6) is 0.284. The number of phenolic OH excluding ortho intramolecular Hbond substituents is 1. The molecule has 27 heavy (non-hydrogen) atoms. The van der Waals surface area contributed by atoms with Crippen LogP contribution >= 0.6 is 23.2 Å².